The van der Waals surface area contributed by atoms with Crippen LogP contribution < -0.4 is 10.5 Å². The highest BCUT2D eigenvalue weighted by Gasteiger charge is 2.33. The summed E-state index contributed by atoms with van der Waals surface area (Å²) < 4.78 is 27.6. The Hall–Kier alpha value is -0.430. The molecule has 1 aliphatic carbocycles. The van der Waals surface area contributed by atoms with E-state index in [1.807, 2.05) is 0 Å². The van der Waals surface area contributed by atoms with Crippen LogP contribution >= 0.6 is 15.9 Å². The molecule has 2 rings (SSSR count). The van der Waals surface area contributed by atoms with Gasteiger partial charge in [-0.15, -0.1) is 0 Å². The van der Waals surface area contributed by atoms with Crippen molar-refractivity contribution < 1.29 is 8.42 Å². The summed E-state index contributed by atoms with van der Waals surface area (Å²) in [5.74, 6) is 0.400. The molecule has 4 nitrogen and oxygen atoms in total. The van der Waals surface area contributed by atoms with Crippen LogP contribution in [0.15, 0.2) is 33.6 Å². The van der Waals surface area contributed by atoms with Gasteiger partial charge in [0, 0.05) is 17.1 Å². The Bertz CT molecular complexity index is 500. The van der Waals surface area contributed by atoms with Gasteiger partial charge < -0.3 is 5.73 Å². The van der Waals surface area contributed by atoms with Crippen LogP contribution in [-0.4, -0.2) is 21.0 Å². The highest BCUT2D eigenvalue weighted by Crippen LogP contribution is 2.33. The Balaban J connectivity index is 2.21. The predicted octanol–water partition coefficient (Wildman–Crippen LogP) is 1.46. The molecule has 1 saturated carbocycles. The molecule has 1 aliphatic rings. The summed E-state index contributed by atoms with van der Waals surface area (Å²) in [7, 11) is -3.48. The summed E-state index contributed by atoms with van der Waals surface area (Å²) in [5, 5.41) is 0. The smallest absolute Gasteiger partial charge is 0.241 e. The molecule has 0 radical (unpaired) electrons. The van der Waals surface area contributed by atoms with Gasteiger partial charge in [0.15, 0.2) is 0 Å². The molecule has 0 spiro atoms. The van der Waals surface area contributed by atoms with Crippen molar-refractivity contribution in [2.24, 2.45) is 11.7 Å². The van der Waals surface area contributed by atoms with Crippen molar-refractivity contribution in [1.82, 2.24) is 4.72 Å². The number of nitrogens with two attached hydrogens (primary N) is 1. The molecule has 17 heavy (non-hydrogen) atoms. The summed E-state index contributed by atoms with van der Waals surface area (Å²) in [6.07, 6.45) is 2.11. The summed E-state index contributed by atoms with van der Waals surface area (Å²) in [6.45, 7) is 0.342. The summed E-state index contributed by atoms with van der Waals surface area (Å²) in [6, 6.07) is 6.63. The third kappa shape index (κ3) is 3.07. The molecule has 1 aromatic carbocycles. The monoisotopic (exact) mass is 318 g/mol. The van der Waals surface area contributed by atoms with Crippen LogP contribution in [0, 0.1) is 5.92 Å². The summed E-state index contributed by atoms with van der Waals surface area (Å²) in [5.41, 5.74) is 5.60. The normalized spacial score (nSPS) is 18.0. The number of hydrogen-bond acceptors (Lipinski definition) is 3. The molecule has 0 aliphatic heterocycles. The molecule has 1 unspecified atom stereocenters. The van der Waals surface area contributed by atoms with E-state index < -0.39 is 10.0 Å². The zero-order valence-corrected chi connectivity index (χ0v) is 11.7. The number of benzene rings is 1. The van der Waals surface area contributed by atoms with Crippen molar-refractivity contribution in [3.63, 3.8) is 0 Å². The van der Waals surface area contributed by atoms with Crippen molar-refractivity contribution in [2.75, 3.05) is 6.54 Å². The Morgan fingerprint density at radius 2 is 2.06 bits per heavy atom. The minimum absolute atomic E-state index is 0.146. The second-order valence-corrected chi connectivity index (χ2v) is 6.77. The molecule has 1 fully saturated rings. The maximum atomic E-state index is 12.2. The van der Waals surface area contributed by atoms with E-state index in [4.69, 9.17) is 5.73 Å². The van der Waals surface area contributed by atoms with Crippen molar-refractivity contribution in [3.8, 4) is 0 Å². The average molecular weight is 319 g/mol. The maximum Gasteiger partial charge on any atom is 0.241 e. The van der Waals surface area contributed by atoms with E-state index in [0.717, 1.165) is 12.8 Å². The molecule has 1 atom stereocenters. The summed E-state index contributed by atoms with van der Waals surface area (Å²) >= 11 is 3.25. The number of nitrogens with one attached hydrogen (secondary N) is 1. The second-order valence-electron chi connectivity index (χ2n) is 4.23. The minimum Gasteiger partial charge on any atom is -0.329 e. The molecule has 0 aromatic heterocycles. The van der Waals surface area contributed by atoms with Gasteiger partial charge in [0.25, 0.3) is 0 Å². The second kappa shape index (κ2) is 5.06. The van der Waals surface area contributed by atoms with E-state index >= 15 is 0 Å². The van der Waals surface area contributed by atoms with Crippen LogP contribution in [0.5, 0.6) is 0 Å². The van der Waals surface area contributed by atoms with Crippen LogP contribution in [0.2, 0.25) is 0 Å². The number of sulfonamides is 1. The fourth-order valence-electron chi connectivity index (χ4n) is 1.76. The van der Waals surface area contributed by atoms with Gasteiger partial charge in [-0.05, 0) is 46.8 Å². The first-order chi connectivity index (χ1) is 8.04. The molecule has 3 N–H and O–H groups in total. The molecule has 0 heterocycles. The molecular weight excluding hydrogens is 304 g/mol. The first kappa shape index (κ1) is 13.0. The lowest BCUT2D eigenvalue weighted by molar-refractivity contribution is 0.519. The van der Waals surface area contributed by atoms with Gasteiger partial charge in [-0.1, -0.05) is 12.1 Å². The van der Waals surface area contributed by atoms with Gasteiger partial charge in [0.1, 0.15) is 0 Å². The van der Waals surface area contributed by atoms with Crippen LogP contribution in [0.25, 0.3) is 0 Å². The summed E-state index contributed by atoms with van der Waals surface area (Å²) in [4.78, 5) is 0.263. The predicted molar refractivity (Wildman–Crippen MR) is 70.0 cm³/mol. The third-order valence-corrected chi connectivity index (χ3v) is 5.38. The van der Waals surface area contributed by atoms with E-state index in [0.29, 0.717) is 16.9 Å². The topological polar surface area (TPSA) is 72.2 Å². The van der Waals surface area contributed by atoms with E-state index in [2.05, 4.69) is 20.7 Å². The highest BCUT2D eigenvalue weighted by atomic mass is 79.9. The lowest BCUT2D eigenvalue weighted by Gasteiger charge is -2.16. The molecule has 1 aromatic rings. The van der Waals surface area contributed by atoms with Gasteiger partial charge in [0.2, 0.25) is 10.0 Å². The minimum atomic E-state index is -3.48. The van der Waals surface area contributed by atoms with E-state index in [9.17, 15) is 8.42 Å². The van der Waals surface area contributed by atoms with Crippen LogP contribution in [0.3, 0.4) is 0 Å². The van der Waals surface area contributed by atoms with Crippen LogP contribution in [0.4, 0.5) is 0 Å². The highest BCUT2D eigenvalue weighted by molar-refractivity contribution is 9.10. The largest absolute Gasteiger partial charge is 0.329 e. The molecule has 0 amide bonds. The van der Waals surface area contributed by atoms with Crippen molar-refractivity contribution in [1.29, 1.82) is 0 Å². The third-order valence-electron chi connectivity index (χ3n) is 2.88. The Morgan fingerprint density at radius 1 is 1.41 bits per heavy atom. The van der Waals surface area contributed by atoms with Crippen molar-refractivity contribution in [3.05, 3.63) is 28.7 Å². The molecular formula is C11H15BrN2O2S. The number of halogens is 1. The van der Waals surface area contributed by atoms with Gasteiger partial charge >= 0.3 is 0 Å². The fourth-order valence-corrected chi connectivity index (χ4v) is 4.08. The average Bonchev–Trinajstić information content (AvgIpc) is 3.10. The van der Waals surface area contributed by atoms with Crippen molar-refractivity contribution in [2.45, 2.75) is 23.8 Å². The van der Waals surface area contributed by atoms with Crippen LogP contribution in [-0.2, 0) is 10.0 Å². The fraction of sp³-hybridized carbons (Fsp3) is 0.455. The lowest BCUT2D eigenvalue weighted by Crippen LogP contribution is -2.41. The molecule has 94 valence electrons. The van der Waals surface area contributed by atoms with Gasteiger partial charge in [-0.3, -0.25) is 0 Å². The zero-order chi connectivity index (χ0) is 12.5. The Labute approximate surface area is 110 Å². The first-order valence-electron chi connectivity index (χ1n) is 5.51. The first-order valence-corrected chi connectivity index (χ1v) is 7.79. The van der Waals surface area contributed by atoms with E-state index in [1.165, 1.54) is 0 Å². The number of hydrogen-bond donors (Lipinski definition) is 2. The van der Waals surface area contributed by atoms with E-state index in [-0.39, 0.29) is 10.9 Å². The van der Waals surface area contributed by atoms with Crippen molar-refractivity contribution >= 4 is 26.0 Å². The van der Waals surface area contributed by atoms with Crippen LogP contribution in [0.1, 0.15) is 12.8 Å². The maximum absolute atomic E-state index is 12.2. The lowest BCUT2D eigenvalue weighted by atomic mass is 10.2. The van der Waals surface area contributed by atoms with Gasteiger partial charge in [-0.2, -0.15) is 0 Å². The quantitative estimate of drug-likeness (QED) is 0.863. The van der Waals surface area contributed by atoms with Gasteiger partial charge in [-0.25, -0.2) is 13.1 Å². The molecule has 6 heteroatoms. The zero-order valence-electron chi connectivity index (χ0n) is 9.27. The number of rotatable bonds is 5. The van der Waals surface area contributed by atoms with E-state index in [1.54, 1.807) is 24.3 Å². The molecule has 0 bridgehead atoms. The molecule has 0 saturated heterocycles. The Kier molecular flexibility index (Phi) is 3.87. The Morgan fingerprint density at radius 3 is 2.59 bits per heavy atom. The van der Waals surface area contributed by atoms with Gasteiger partial charge in [0.05, 0.1) is 4.90 Å². The standard InChI is InChI=1S/C11H15BrN2O2S/c12-9-3-1-2-4-11(9)17(15,16)14-10(7-13)8-5-6-8/h1-4,8,10,14H,5-7,13H2. The SMILES string of the molecule is NCC(NS(=O)(=O)c1ccccc1Br)C1CC1.